The van der Waals surface area contributed by atoms with E-state index in [0.717, 1.165) is 22.2 Å². The van der Waals surface area contributed by atoms with Gasteiger partial charge in [-0.25, -0.2) is 0 Å². The number of carbonyl (C=O) groups is 2. The first-order valence-electron chi connectivity index (χ1n) is 8.97. The number of hydrogen-bond donors (Lipinski definition) is 0. The van der Waals surface area contributed by atoms with E-state index in [9.17, 15) is 9.59 Å². The van der Waals surface area contributed by atoms with Crippen LogP contribution in [0.2, 0.25) is 10.3 Å². The molecule has 29 heavy (non-hydrogen) atoms. The molecule has 2 aromatic carbocycles. The van der Waals surface area contributed by atoms with Gasteiger partial charge in [0, 0.05) is 0 Å². The summed E-state index contributed by atoms with van der Waals surface area (Å²) in [5.74, 6) is 0.486. The number of benzene rings is 2. The van der Waals surface area contributed by atoms with Crippen molar-refractivity contribution >= 4 is 48.0 Å². The third kappa shape index (κ3) is 4.54. The zero-order valence-corrected chi connectivity index (χ0v) is 18.5. The first-order valence-corrected chi connectivity index (χ1v) is 11.4. The second kappa shape index (κ2) is 9.28. The molecule has 3 aromatic rings. The summed E-state index contributed by atoms with van der Waals surface area (Å²) in [7, 11) is 1.58. The van der Waals surface area contributed by atoms with Gasteiger partial charge in [0.1, 0.15) is 0 Å². The Hall–Kier alpha value is -2.58. The van der Waals surface area contributed by atoms with Crippen LogP contribution < -0.4 is 4.74 Å². The van der Waals surface area contributed by atoms with Gasteiger partial charge >= 0.3 is 181 Å². The van der Waals surface area contributed by atoms with Crippen LogP contribution in [0.5, 0.6) is 5.75 Å². The first-order chi connectivity index (χ1) is 14.0. The van der Waals surface area contributed by atoms with Gasteiger partial charge in [-0.05, 0) is 0 Å². The summed E-state index contributed by atoms with van der Waals surface area (Å²) in [6, 6.07) is 14.3. The molecule has 0 saturated heterocycles. The van der Waals surface area contributed by atoms with Crippen LogP contribution in [0.4, 0.5) is 0 Å². The Balaban J connectivity index is 2.07. The number of halogens is 1. The van der Waals surface area contributed by atoms with Crippen molar-refractivity contribution in [3.8, 4) is 11.8 Å². The summed E-state index contributed by atoms with van der Waals surface area (Å²) >= 11 is 5.69. The van der Waals surface area contributed by atoms with Crippen LogP contribution in [-0.2, 0) is 11.2 Å². The van der Waals surface area contributed by atoms with Gasteiger partial charge in [-0.15, -0.1) is 0 Å². The Kier molecular flexibility index (Phi) is 6.76. The molecule has 148 valence electrons. The number of methoxy groups -OCH3 is 1. The van der Waals surface area contributed by atoms with Crippen molar-refractivity contribution in [2.45, 2.75) is 25.1 Å². The van der Waals surface area contributed by atoms with Gasteiger partial charge in [0.2, 0.25) is 0 Å². The number of nitrogens with zero attached hydrogens (tertiary/aromatic N) is 2. The second-order valence-corrected chi connectivity index (χ2v) is 9.25. The molecule has 0 unspecified atom stereocenters. The summed E-state index contributed by atoms with van der Waals surface area (Å²) in [5, 5.41) is 10.7. The van der Waals surface area contributed by atoms with Gasteiger partial charge in [0.05, 0.1) is 0 Å². The van der Waals surface area contributed by atoms with E-state index in [1.807, 2.05) is 19.1 Å². The van der Waals surface area contributed by atoms with E-state index < -0.39 is 0 Å². The standard InChI is InChI=1S/C22H19ClN2O3Se/c1-14-18(13-21(26)29-11-3-10-24)19-12-17(28-2)8-9-20(19)25(14)22(27)15-4-6-16(23)7-5-15/h4-9,12H,3,11,13H2,1-2H3. The topological polar surface area (TPSA) is 72.1 Å². The molecule has 0 bridgehead atoms. The molecular formula is C22H19ClN2O3Se. The minimum atomic E-state index is -0.254. The van der Waals surface area contributed by atoms with Crippen molar-refractivity contribution < 1.29 is 14.3 Å². The van der Waals surface area contributed by atoms with Crippen molar-refractivity contribution in [3.63, 3.8) is 0 Å². The third-order valence-electron chi connectivity index (χ3n) is 4.63. The van der Waals surface area contributed by atoms with Gasteiger partial charge in [-0.3, -0.25) is 0 Å². The fourth-order valence-electron chi connectivity index (χ4n) is 3.20. The van der Waals surface area contributed by atoms with E-state index in [-0.39, 0.29) is 32.0 Å². The van der Waals surface area contributed by atoms with Crippen LogP contribution in [0.1, 0.15) is 28.0 Å². The fourth-order valence-corrected chi connectivity index (χ4v) is 4.73. The summed E-state index contributed by atoms with van der Waals surface area (Å²) in [5.41, 5.74) is 2.81. The van der Waals surface area contributed by atoms with Crippen molar-refractivity contribution in [2.24, 2.45) is 0 Å². The summed E-state index contributed by atoms with van der Waals surface area (Å²) in [4.78, 5) is 25.7. The molecule has 1 aromatic heterocycles. The zero-order chi connectivity index (χ0) is 21.0. The van der Waals surface area contributed by atoms with E-state index in [4.69, 9.17) is 21.6 Å². The molecular weight excluding hydrogens is 455 g/mol. The molecule has 0 atom stereocenters. The van der Waals surface area contributed by atoms with Crippen LogP contribution in [0.25, 0.3) is 10.9 Å². The van der Waals surface area contributed by atoms with E-state index in [1.54, 1.807) is 42.0 Å². The molecule has 0 aliphatic rings. The summed E-state index contributed by atoms with van der Waals surface area (Å²) in [6.07, 6.45) is 0.622. The third-order valence-corrected chi connectivity index (χ3v) is 6.72. The number of nitriles is 1. The maximum absolute atomic E-state index is 13.2. The van der Waals surface area contributed by atoms with Crippen molar-refractivity contribution in [2.75, 3.05) is 7.11 Å². The van der Waals surface area contributed by atoms with Gasteiger partial charge in [0.25, 0.3) is 0 Å². The number of hydrogen-bond acceptors (Lipinski definition) is 4. The number of aromatic nitrogens is 1. The molecule has 0 aliphatic carbocycles. The monoisotopic (exact) mass is 474 g/mol. The number of ether oxygens (including phenoxy) is 1. The molecule has 3 rings (SSSR count). The molecule has 0 saturated carbocycles. The van der Waals surface area contributed by atoms with Crippen LogP contribution in [0, 0.1) is 18.3 Å². The average molecular weight is 474 g/mol. The fraction of sp³-hybridized carbons (Fsp3) is 0.227. The SMILES string of the molecule is COc1ccc2c(c1)c(CC(=O)[Se]CCC#N)c(C)n2C(=O)c1ccc(Cl)cc1. The van der Waals surface area contributed by atoms with E-state index in [0.29, 0.717) is 28.1 Å². The first kappa shape index (κ1) is 21.1. The van der Waals surface area contributed by atoms with E-state index in [2.05, 4.69) is 6.07 Å². The van der Waals surface area contributed by atoms with Crippen LogP contribution in [0.3, 0.4) is 0 Å². The summed E-state index contributed by atoms with van der Waals surface area (Å²) in [6.45, 7) is 1.85. The molecule has 1 heterocycles. The van der Waals surface area contributed by atoms with E-state index >= 15 is 0 Å². The predicted octanol–water partition coefficient (Wildman–Crippen LogP) is 4.41. The van der Waals surface area contributed by atoms with E-state index in [1.165, 1.54) is 0 Å². The minimum absolute atomic E-state index is 0.108. The Morgan fingerprint density at radius 3 is 2.59 bits per heavy atom. The number of carbonyl (C=O) groups excluding carboxylic acids is 2. The van der Waals surface area contributed by atoms with Gasteiger partial charge in [-0.1, -0.05) is 0 Å². The van der Waals surface area contributed by atoms with Gasteiger partial charge in [0.15, 0.2) is 0 Å². The average Bonchev–Trinajstić information content (AvgIpc) is 2.99. The Bertz CT molecular complexity index is 1110. The van der Waals surface area contributed by atoms with Crippen molar-refractivity contribution in [3.05, 3.63) is 64.3 Å². The molecule has 0 aliphatic heterocycles. The van der Waals surface area contributed by atoms with Crippen LogP contribution >= 0.6 is 11.6 Å². The zero-order valence-electron chi connectivity index (χ0n) is 16.1. The normalized spacial score (nSPS) is 10.7. The Morgan fingerprint density at radius 2 is 1.93 bits per heavy atom. The molecule has 0 fully saturated rings. The molecule has 0 spiro atoms. The number of fused-ring (bicyclic) bond motifs is 1. The quantitative estimate of drug-likeness (QED) is 0.376. The van der Waals surface area contributed by atoms with Gasteiger partial charge in [-0.2, -0.15) is 0 Å². The summed E-state index contributed by atoms with van der Waals surface area (Å²) < 4.78 is 7.09. The van der Waals surface area contributed by atoms with Gasteiger partial charge < -0.3 is 0 Å². The van der Waals surface area contributed by atoms with Crippen molar-refractivity contribution in [1.82, 2.24) is 4.57 Å². The molecule has 0 amide bonds. The molecule has 0 N–H and O–H groups in total. The number of rotatable bonds is 7. The van der Waals surface area contributed by atoms with Crippen molar-refractivity contribution in [1.29, 1.82) is 5.26 Å². The van der Waals surface area contributed by atoms with Crippen LogP contribution in [-0.4, -0.2) is 37.2 Å². The molecule has 0 radical (unpaired) electrons. The Labute approximate surface area is 180 Å². The maximum atomic E-state index is 13.2. The second-order valence-electron chi connectivity index (χ2n) is 6.40. The molecule has 7 heteroatoms. The predicted molar refractivity (Wildman–Crippen MR) is 114 cm³/mol. The molecule has 5 nitrogen and oxygen atoms in total. The Morgan fingerprint density at radius 1 is 1.21 bits per heavy atom. The van der Waals surface area contributed by atoms with Crippen LogP contribution in [0.15, 0.2) is 42.5 Å².